The molecule has 0 aliphatic carbocycles. The molecular formula is C37H39FN8O5S. The summed E-state index contributed by atoms with van der Waals surface area (Å²) in [5.41, 5.74) is 1.63. The van der Waals surface area contributed by atoms with Gasteiger partial charge in [0, 0.05) is 70.5 Å². The normalized spacial score (nSPS) is 15.0. The molecule has 4 heterocycles. The summed E-state index contributed by atoms with van der Waals surface area (Å²) in [4.78, 5) is 46.0. The number of benzene rings is 3. The Morgan fingerprint density at radius 2 is 1.52 bits per heavy atom. The molecule has 5 aromatic rings. The van der Waals surface area contributed by atoms with E-state index < -0.39 is 22.8 Å². The van der Waals surface area contributed by atoms with Crippen LogP contribution in [0.5, 0.6) is 5.75 Å². The second-order valence-corrected chi connectivity index (χ2v) is 13.5. The number of para-hydroxylation sites is 3. The van der Waals surface area contributed by atoms with Crippen LogP contribution in [0, 0.1) is 5.82 Å². The van der Waals surface area contributed by atoms with Gasteiger partial charge in [-0.1, -0.05) is 42.1 Å². The number of ether oxygens (including phenoxy) is 1. The fourth-order valence-electron chi connectivity index (χ4n) is 6.87. The van der Waals surface area contributed by atoms with Gasteiger partial charge in [0.05, 0.1) is 35.4 Å². The maximum absolute atomic E-state index is 15.4. The van der Waals surface area contributed by atoms with Crippen LogP contribution in [-0.2, 0) is 11.3 Å². The maximum Gasteiger partial charge on any atom is 0.341 e. The molecule has 52 heavy (non-hydrogen) atoms. The van der Waals surface area contributed by atoms with E-state index in [9.17, 15) is 19.5 Å². The van der Waals surface area contributed by atoms with Gasteiger partial charge in [-0.2, -0.15) is 0 Å². The number of hydrogen-bond acceptors (Lipinski definition) is 10. The number of rotatable bonds is 10. The Morgan fingerprint density at radius 1 is 0.865 bits per heavy atom. The van der Waals surface area contributed by atoms with Crippen molar-refractivity contribution in [2.45, 2.75) is 18.6 Å². The third-order valence-electron chi connectivity index (χ3n) is 9.64. The van der Waals surface area contributed by atoms with Crippen LogP contribution in [-0.4, -0.2) is 106 Å². The van der Waals surface area contributed by atoms with E-state index >= 15 is 4.39 Å². The molecule has 13 nitrogen and oxygen atoms in total. The number of aromatic nitrogens is 4. The Kier molecular flexibility index (Phi) is 10.0. The number of thioether (sulfide) groups is 1. The minimum atomic E-state index is -1.35. The lowest BCUT2D eigenvalue weighted by molar-refractivity contribution is -0.128. The van der Waals surface area contributed by atoms with Gasteiger partial charge in [-0.05, 0) is 43.3 Å². The first-order valence-electron chi connectivity index (χ1n) is 17.2. The molecule has 0 unspecified atom stereocenters. The van der Waals surface area contributed by atoms with Crippen LogP contribution in [0.1, 0.15) is 17.3 Å². The largest absolute Gasteiger partial charge is 0.495 e. The van der Waals surface area contributed by atoms with Gasteiger partial charge < -0.3 is 34.0 Å². The molecule has 2 aromatic heterocycles. The first-order valence-corrected chi connectivity index (χ1v) is 18.1. The van der Waals surface area contributed by atoms with Gasteiger partial charge in [0.15, 0.2) is 5.16 Å². The summed E-state index contributed by atoms with van der Waals surface area (Å²) in [5, 5.41) is 19.2. The zero-order valence-electron chi connectivity index (χ0n) is 28.9. The van der Waals surface area contributed by atoms with Gasteiger partial charge in [0.25, 0.3) is 0 Å². The fraction of sp³-hybridized carbons (Fsp3) is 0.324. The number of methoxy groups -OCH3 is 1. The summed E-state index contributed by atoms with van der Waals surface area (Å²) in [7, 11) is 1.68. The Balaban J connectivity index is 1.02. The van der Waals surface area contributed by atoms with Crippen molar-refractivity contribution in [3.63, 3.8) is 0 Å². The lowest BCUT2D eigenvalue weighted by Gasteiger charge is -2.37. The third-order valence-corrected chi connectivity index (χ3v) is 10.6. The predicted octanol–water partition coefficient (Wildman–Crippen LogP) is 4.22. The molecule has 0 spiro atoms. The average Bonchev–Trinajstić information content (AvgIpc) is 3.61. The first-order chi connectivity index (χ1) is 25.3. The van der Waals surface area contributed by atoms with Crippen LogP contribution in [0.3, 0.4) is 0 Å². The molecule has 2 aliphatic rings. The van der Waals surface area contributed by atoms with Gasteiger partial charge in [-0.25, -0.2) is 9.18 Å². The van der Waals surface area contributed by atoms with Gasteiger partial charge in [0.1, 0.15) is 17.1 Å². The van der Waals surface area contributed by atoms with Crippen molar-refractivity contribution < 1.29 is 23.8 Å². The molecule has 0 bridgehead atoms. The smallest absolute Gasteiger partial charge is 0.341 e. The van der Waals surface area contributed by atoms with Crippen LogP contribution in [0.25, 0.3) is 16.6 Å². The Labute approximate surface area is 303 Å². The number of hydrogen-bond donors (Lipinski definition) is 1. The number of halogens is 1. The van der Waals surface area contributed by atoms with Crippen molar-refractivity contribution in [1.82, 2.24) is 24.2 Å². The van der Waals surface area contributed by atoms with Crippen molar-refractivity contribution in [3.05, 3.63) is 94.5 Å². The minimum Gasteiger partial charge on any atom is -0.495 e. The summed E-state index contributed by atoms with van der Waals surface area (Å²) in [5.74, 6) is -0.292. The van der Waals surface area contributed by atoms with Gasteiger partial charge >= 0.3 is 5.97 Å². The number of carbonyl (C=O) groups excluding carboxylic acids is 1. The molecule has 270 valence electrons. The molecule has 1 amide bonds. The van der Waals surface area contributed by atoms with Crippen molar-refractivity contribution in [2.24, 2.45) is 0 Å². The molecule has 15 heteroatoms. The standard InChI is InChI=1S/C37H39FN8O5S/c1-3-41-23-27(35(49)50)34(48)26-21-28(38)31(22-30(26)41)43-13-17-44(18-14-43)33(47)24-52-37-40-39-36(46(37)25-9-5-4-6-10-25)45-19-15-42(16-20-45)29-11-7-8-12-32(29)51-2/h4-12,21-23H,3,13-20,24H2,1-2H3,(H,49,50). The van der Waals surface area contributed by atoms with E-state index in [1.165, 1.54) is 18.0 Å². The third kappa shape index (κ3) is 6.75. The van der Waals surface area contributed by atoms with Crippen LogP contribution >= 0.6 is 11.8 Å². The summed E-state index contributed by atoms with van der Waals surface area (Å²) < 4.78 is 24.6. The highest BCUT2D eigenvalue weighted by Crippen LogP contribution is 2.32. The van der Waals surface area contributed by atoms with Gasteiger partial charge in [-0.3, -0.25) is 14.2 Å². The summed E-state index contributed by atoms with van der Waals surface area (Å²) >= 11 is 1.34. The number of carbonyl (C=O) groups is 2. The van der Waals surface area contributed by atoms with Gasteiger partial charge in [0.2, 0.25) is 17.3 Å². The van der Waals surface area contributed by atoms with E-state index in [4.69, 9.17) is 4.74 Å². The highest BCUT2D eigenvalue weighted by Gasteiger charge is 2.28. The van der Waals surface area contributed by atoms with E-state index in [-0.39, 0.29) is 17.0 Å². The van der Waals surface area contributed by atoms with E-state index in [1.807, 2.05) is 64.9 Å². The summed E-state index contributed by atoms with van der Waals surface area (Å²) in [6.45, 7) is 6.83. The van der Waals surface area contributed by atoms with Crippen molar-refractivity contribution >= 4 is 51.9 Å². The molecule has 0 atom stereocenters. The number of piperazine rings is 2. The number of nitrogens with zero attached hydrogens (tertiary/aromatic N) is 8. The van der Waals surface area contributed by atoms with E-state index in [0.717, 1.165) is 55.3 Å². The van der Waals surface area contributed by atoms with Crippen LogP contribution in [0.15, 0.2) is 82.9 Å². The molecule has 0 radical (unpaired) electrons. The van der Waals surface area contributed by atoms with Gasteiger partial charge in [-0.15, -0.1) is 10.2 Å². The average molecular weight is 727 g/mol. The Hall–Kier alpha value is -5.57. The monoisotopic (exact) mass is 726 g/mol. The molecule has 7 rings (SSSR count). The topological polar surface area (TPSA) is 129 Å². The quantitative estimate of drug-likeness (QED) is 0.208. The Bertz CT molecular complexity index is 2160. The lowest BCUT2D eigenvalue weighted by Crippen LogP contribution is -2.49. The Morgan fingerprint density at radius 3 is 2.21 bits per heavy atom. The van der Waals surface area contributed by atoms with Crippen molar-refractivity contribution in [1.29, 1.82) is 0 Å². The molecule has 1 N–H and O–H groups in total. The van der Waals surface area contributed by atoms with E-state index in [1.54, 1.807) is 22.6 Å². The summed E-state index contributed by atoms with van der Waals surface area (Å²) in [6, 6.07) is 20.6. The van der Waals surface area contributed by atoms with Crippen LogP contribution in [0.2, 0.25) is 0 Å². The number of carboxylic acid groups (broad SMARTS) is 1. The maximum atomic E-state index is 15.4. The number of fused-ring (bicyclic) bond motifs is 1. The first kappa shape index (κ1) is 34.9. The molecular weight excluding hydrogens is 688 g/mol. The molecule has 2 fully saturated rings. The second-order valence-electron chi connectivity index (χ2n) is 12.5. The number of pyridine rings is 1. The number of aryl methyl sites for hydroxylation is 1. The predicted molar refractivity (Wildman–Crippen MR) is 199 cm³/mol. The fourth-order valence-corrected chi connectivity index (χ4v) is 7.72. The summed E-state index contributed by atoms with van der Waals surface area (Å²) in [6.07, 6.45) is 1.30. The van der Waals surface area contributed by atoms with Crippen molar-refractivity contribution in [2.75, 3.05) is 79.9 Å². The lowest BCUT2D eigenvalue weighted by atomic mass is 10.1. The molecule has 3 aromatic carbocycles. The van der Waals surface area contributed by atoms with E-state index in [0.29, 0.717) is 49.1 Å². The number of carboxylic acids is 1. The van der Waals surface area contributed by atoms with Crippen LogP contribution < -0.4 is 24.9 Å². The number of aromatic carboxylic acids is 1. The SMILES string of the molecule is CCn1cc(C(=O)O)c(=O)c2cc(F)c(N3CCN(C(=O)CSc4nnc(N5CCN(c6ccccc6OC)CC5)n4-c4ccccc4)CC3)cc21. The molecule has 2 saturated heterocycles. The van der Waals surface area contributed by atoms with E-state index in [2.05, 4.69) is 26.1 Å². The van der Waals surface area contributed by atoms with Crippen LogP contribution in [0.4, 0.5) is 21.7 Å². The number of anilines is 3. The zero-order chi connectivity index (χ0) is 36.4. The second kappa shape index (κ2) is 15.0. The van der Waals surface area contributed by atoms with Crippen molar-refractivity contribution in [3.8, 4) is 11.4 Å². The highest BCUT2D eigenvalue weighted by atomic mass is 32.2. The zero-order valence-corrected chi connectivity index (χ0v) is 29.8. The molecule has 0 saturated carbocycles. The molecule has 2 aliphatic heterocycles. The highest BCUT2D eigenvalue weighted by molar-refractivity contribution is 7.99. The number of amides is 1. The minimum absolute atomic E-state index is 0.0236.